The van der Waals surface area contributed by atoms with Crippen LogP contribution in [0.15, 0.2) is 78.4 Å². The van der Waals surface area contributed by atoms with Gasteiger partial charge in [-0.1, -0.05) is 42.5 Å². The number of benzene rings is 3. The molecule has 0 aromatic heterocycles. The second-order valence-corrected chi connectivity index (χ2v) is 6.84. The predicted octanol–water partition coefficient (Wildman–Crippen LogP) is 5.39. The molecule has 0 saturated heterocycles. The second kappa shape index (κ2) is 7.16. The molecule has 0 unspecified atom stereocenters. The zero-order valence-electron chi connectivity index (χ0n) is 15.1. The molecule has 0 spiro atoms. The van der Waals surface area contributed by atoms with E-state index in [1.807, 2.05) is 42.5 Å². The van der Waals surface area contributed by atoms with Crippen molar-refractivity contribution in [3.63, 3.8) is 0 Å². The van der Waals surface area contributed by atoms with Crippen molar-refractivity contribution in [3.8, 4) is 11.1 Å². The van der Waals surface area contributed by atoms with E-state index in [2.05, 4.69) is 6.08 Å². The summed E-state index contributed by atoms with van der Waals surface area (Å²) in [5.41, 5.74) is 4.36. The van der Waals surface area contributed by atoms with Gasteiger partial charge in [-0.2, -0.15) is 0 Å². The summed E-state index contributed by atoms with van der Waals surface area (Å²) in [4.78, 5) is 22.5. The van der Waals surface area contributed by atoms with E-state index >= 15 is 0 Å². The van der Waals surface area contributed by atoms with Crippen LogP contribution in [0, 0.1) is 0 Å². The zero-order chi connectivity index (χ0) is 19.7. The van der Waals surface area contributed by atoms with E-state index in [1.54, 1.807) is 24.3 Å². The molecule has 0 bridgehead atoms. The summed E-state index contributed by atoms with van der Waals surface area (Å²) in [5.74, 6) is -1.82. The van der Waals surface area contributed by atoms with Gasteiger partial charge in [-0.25, -0.2) is 9.59 Å². The van der Waals surface area contributed by atoms with Gasteiger partial charge in [-0.3, -0.25) is 0 Å². The minimum Gasteiger partial charge on any atom is -0.478 e. The molecule has 4 rings (SSSR count). The number of rotatable bonds is 4. The third-order valence-corrected chi connectivity index (χ3v) is 5.00. The van der Waals surface area contributed by atoms with Crippen molar-refractivity contribution in [2.75, 3.05) is 0 Å². The van der Waals surface area contributed by atoms with Gasteiger partial charge in [0.25, 0.3) is 0 Å². The average Bonchev–Trinajstić information content (AvgIpc) is 2.73. The number of carboxylic acid groups (broad SMARTS) is 2. The maximum absolute atomic E-state index is 11.3. The van der Waals surface area contributed by atoms with Crippen LogP contribution in [-0.2, 0) is 4.79 Å². The summed E-state index contributed by atoms with van der Waals surface area (Å²) in [6, 6.07) is 19.0. The normalized spacial score (nSPS) is 13.7. The molecule has 0 aliphatic heterocycles. The maximum atomic E-state index is 11.3. The van der Waals surface area contributed by atoms with E-state index in [1.165, 1.54) is 0 Å². The number of allylic oxidation sites excluding steroid dienone is 3. The molecule has 2 N–H and O–H groups in total. The fourth-order valence-electron chi connectivity index (χ4n) is 3.51. The number of carbonyl (C=O) groups is 2. The first-order valence-corrected chi connectivity index (χ1v) is 9.03. The van der Waals surface area contributed by atoms with E-state index in [-0.39, 0.29) is 5.56 Å². The fourth-order valence-corrected chi connectivity index (χ4v) is 3.51. The molecular formula is C24H18O4. The smallest absolute Gasteiger partial charge is 0.335 e. The summed E-state index contributed by atoms with van der Waals surface area (Å²) in [6.07, 6.45) is 5.07. The molecule has 28 heavy (non-hydrogen) atoms. The molecule has 0 radical (unpaired) electrons. The summed E-state index contributed by atoms with van der Waals surface area (Å²) < 4.78 is 0. The molecule has 3 aromatic carbocycles. The quantitative estimate of drug-likeness (QED) is 0.645. The first-order valence-electron chi connectivity index (χ1n) is 9.03. The molecule has 4 nitrogen and oxygen atoms in total. The Morgan fingerprint density at radius 3 is 2.21 bits per heavy atom. The number of hydrogen-bond acceptors (Lipinski definition) is 2. The topological polar surface area (TPSA) is 74.6 Å². The second-order valence-electron chi connectivity index (χ2n) is 6.84. The van der Waals surface area contributed by atoms with E-state index < -0.39 is 11.9 Å². The fraction of sp³-hybridized carbons (Fsp3) is 0.0833. The van der Waals surface area contributed by atoms with Crippen molar-refractivity contribution in [1.29, 1.82) is 0 Å². The van der Waals surface area contributed by atoms with Crippen LogP contribution in [-0.4, -0.2) is 22.2 Å². The van der Waals surface area contributed by atoms with Gasteiger partial charge < -0.3 is 10.2 Å². The monoisotopic (exact) mass is 370 g/mol. The van der Waals surface area contributed by atoms with E-state index in [0.29, 0.717) is 18.4 Å². The van der Waals surface area contributed by atoms with Gasteiger partial charge in [0.2, 0.25) is 0 Å². The summed E-state index contributed by atoms with van der Waals surface area (Å²) in [7, 11) is 0. The lowest BCUT2D eigenvalue weighted by Gasteiger charge is -2.12. The predicted molar refractivity (Wildman–Crippen MR) is 109 cm³/mol. The van der Waals surface area contributed by atoms with E-state index in [0.717, 1.165) is 33.0 Å². The first-order chi connectivity index (χ1) is 13.5. The largest absolute Gasteiger partial charge is 0.478 e. The van der Waals surface area contributed by atoms with Gasteiger partial charge in [-0.05, 0) is 76.2 Å². The van der Waals surface area contributed by atoms with Gasteiger partial charge in [0.05, 0.1) is 5.56 Å². The molecular weight excluding hydrogens is 352 g/mol. The zero-order valence-corrected chi connectivity index (χ0v) is 15.1. The Balaban J connectivity index is 1.76. The molecule has 4 heteroatoms. The Morgan fingerprint density at radius 1 is 0.750 bits per heavy atom. The number of carboxylic acids is 2. The van der Waals surface area contributed by atoms with Gasteiger partial charge in [0, 0.05) is 5.57 Å². The molecule has 0 atom stereocenters. The maximum Gasteiger partial charge on any atom is 0.335 e. The van der Waals surface area contributed by atoms with E-state index in [9.17, 15) is 19.8 Å². The van der Waals surface area contributed by atoms with Gasteiger partial charge in [0.1, 0.15) is 0 Å². The minimum atomic E-state index is -0.949. The Kier molecular flexibility index (Phi) is 4.53. The van der Waals surface area contributed by atoms with Crippen LogP contribution in [0.3, 0.4) is 0 Å². The van der Waals surface area contributed by atoms with Crippen LogP contribution in [0.4, 0.5) is 0 Å². The summed E-state index contributed by atoms with van der Waals surface area (Å²) in [5, 5.41) is 20.6. The number of hydrogen-bond donors (Lipinski definition) is 2. The summed E-state index contributed by atoms with van der Waals surface area (Å²) >= 11 is 0. The molecule has 138 valence electrons. The van der Waals surface area contributed by atoms with Crippen LogP contribution in [0.25, 0.3) is 27.5 Å². The summed E-state index contributed by atoms with van der Waals surface area (Å²) in [6.45, 7) is 0. The van der Waals surface area contributed by atoms with Crippen molar-refractivity contribution >= 4 is 28.3 Å². The standard InChI is InChI=1S/C24H18O4/c25-23(26)20-5-1-3-16(11-20)18-9-7-15-8-10-19(14-22(15)13-18)17-4-2-6-21(12-17)24(27)28/h1,3-5,7-14H,2,6H2,(H,25,26)(H,27,28). The molecule has 1 aliphatic carbocycles. The first kappa shape index (κ1) is 17.7. The Morgan fingerprint density at radius 2 is 1.46 bits per heavy atom. The van der Waals surface area contributed by atoms with Crippen molar-refractivity contribution in [2.24, 2.45) is 0 Å². The van der Waals surface area contributed by atoms with Gasteiger partial charge >= 0.3 is 11.9 Å². The third-order valence-electron chi connectivity index (χ3n) is 5.00. The van der Waals surface area contributed by atoms with E-state index in [4.69, 9.17) is 0 Å². The van der Waals surface area contributed by atoms with Crippen LogP contribution in [0.5, 0.6) is 0 Å². The van der Waals surface area contributed by atoms with Crippen LogP contribution in [0.1, 0.15) is 28.8 Å². The molecule has 1 aliphatic rings. The Hall–Kier alpha value is -3.66. The van der Waals surface area contributed by atoms with Gasteiger partial charge in [-0.15, -0.1) is 0 Å². The third kappa shape index (κ3) is 3.45. The highest BCUT2D eigenvalue weighted by Gasteiger charge is 2.13. The molecule has 0 heterocycles. The van der Waals surface area contributed by atoms with Crippen LogP contribution < -0.4 is 0 Å². The van der Waals surface area contributed by atoms with Crippen molar-refractivity contribution < 1.29 is 19.8 Å². The molecule has 0 amide bonds. The lowest BCUT2D eigenvalue weighted by Crippen LogP contribution is -2.03. The highest BCUT2D eigenvalue weighted by molar-refractivity contribution is 5.95. The van der Waals surface area contributed by atoms with Crippen LogP contribution in [0.2, 0.25) is 0 Å². The van der Waals surface area contributed by atoms with Gasteiger partial charge in [0.15, 0.2) is 0 Å². The van der Waals surface area contributed by atoms with Crippen molar-refractivity contribution in [1.82, 2.24) is 0 Å². The molecule has 3 aromatic rings. The van der Waals surface area contributed by atoms with Crippen molar-refractivity contribution in [3.05, 3.63) is 89.5 Å². The average molecular weight is 370 g/mol. The molecule has 0 saturated carbocycles. The SMILES string of the molecule is O=C(O)C1=CC(c2ccc3ccc(-c4cccc(C(=O)O)c4)cc3c2)=CCC1. The Labute approximate surface area is 162 Å². The minimum absolute atomic E-state index is 0.255. The molecule has 0 fully saturated rings. The lowest BCUT2D eigenvalue weighted by atomic mass is 9.92. The van der Waals surface area contributed by atoms with Crippen LogP contribution >= 0.6 is 0 Å². The number of aliphatic carboxylic acids is 1. The van der Waals surface area contributed by atoms with Crippen molar-refractivity contribution in [2.45, 2.75) is 12.8 Å². The Bertz CT molecular complexity index is 1170. The number of fused-ring (bicyclic) bond motifs is 1. The highest BCUT2D eigenvalue weighted by atomic mass is 16.4. The lowest BCUT2D eigenvalue weighted by molar-refractivity contribution is -0.132. The number of aromatic carboxylic acids is 1. The highest BCUT2D eigenvalue weighted by Crippen LogP contribution is 2.30.